The van der Waals surface area contributed by atoms with Crippen molar-refractivity contribution in [2.45, 2.75) is 0 Å². The third kappa shape index (κ3) is 5.75. The molecule has 2 N–H and O–H groups in total. The number of carbonyl (C=O) groups is 2. The second-order valence-electron chi connectivity index (χ2n) is 4.86. The number of rotatable bonds is 5. The fourth-order valence-electron chi connectivity index (χ4n) is 1.99. The average Bonchev–Trinajstić information content (AvgIpc) is 2.71. The summed E-state index contributed by atoms with van der Waals surface area (Å²) in [6.07, 6.45) is 3.33. The molecule has 0 heterocycles. The van der Waals surface area contributed by atoms with Crippen LogP contribution in [0, 0.1) is 0 Å². The van der Waals surface area contributed by atoms with Gasteiger partial charge in [0.15, 0.2) is 0 Å². The van der Waals surface area contributed by atoms with Gasteiger partial charge < -0.3 is 0 Å². The molecule has 134 valence electrons. The third-order valence-electron chi connectivity index (χ3n) is 3.21. The van der Waals surface area contributed by atoms with E-state index in [1.54, 1.807) is 12.5 Å². The summed E-state index contributed by atoms with van der Waals surface area (Å²) in [5.41, 5.74) is 7.40. The number of nitrogens with one attached hydrogen (secondary N) is 2. The van der Waals surface area contributed by atoms with E-state index < -0.39 is 0 Å². The molecule has 0 bridgehead atoms. The van der Waals surface area contributed by atoms with Crippen LogP contribution in [0.4, 0.5) is 9.59 Å². The Balaban J connectivity index is 2.53. The monoisotopic (exact) mass is 386 g/mol. The van der Waals surface area contributed by atoms with Gasteiger partial charge in [0, 0.05) is 11.1 Å². The van der Waals surface area contributed by atoms with Crippen LogP contribution in [0.5, 0.6) is 0 Å². The van der Waals surface area contributed by atoms with Gasteiger partial charge in [0.1, 0.15) is 11.4 Å². The summed E-state index contributed by atoms with van der Waals surface area (Å²) >= 11 is 2.04. The Labute approximate surface area is 160 Å². The first-order valence-corrected chi connectivity index (χ1v) is 10.0. The molecule has 0 saturated carbocycles. The zero-order chi connectivity index (χ0) is 18.8. The Hall–Kier alpha value is -2.58. The molecule has 8 heteroatoms. The van der Waals surface area contributed by atoms with Crippen LogP contribution in [-0.2, 0) is 0 Å². The number of amides is 2. The quantitative estimate of drug-likeness (QED) is 0.602. The van der Waals surface area contributed by atoms with E-state index >= 15 is 0 Å². The Morgan fingerprint density at radius 2 is 1.04 bits per heavy atom. The maximum absolute atomic E-state index is 11.7. The van der Waals surface area contributed by atoms with Crippen molar-refractivity contribution < 1.29 is 9.59 Å². The molecule has 2 amide bonds. The van der Waals surface area contributed by atoms with Crippen LogP contribution in [-0.4, -0.2) is 34.4 Å². The first-order valence-electron chi connectivity index (χ1n) is 7.60. The van der Waals surface area contributed by atoms with Crippen LogP contribution in [0.25, 0.3) is 0 Å². The van der Waals surface area contributed by atoms with Crippen LogP contribution >= 0.6 is 23.5 Å². The van der Waals surface area contributed by atoms with Crippen LogP contribution in [0.3, 0.4) is 0 Å². The lowest BCUT2D eigenvalue weighted by Crippen LogP contribution is -2.26. The maximum atomic E-state index is 11.7. The van der Waals surface area contributed by atoms with Crippen molar-refractivity contribution in [1.82, 2.24) is 10.9 Å². The summed E-state index contributed by atoms with van der Waals surface area (Å²) in [6.45, 7) is 0. The first kappa shape index (κ1) is 19.7. The topological polar surface area (TPSA) is 82.9 Å². The minimum absolute atomic E-state index is 0.293. The van der Waals surface area contributed by atoms with E-state index in [-0.39, 0.29) is 10.5 Å². The summed E-state index contributed by atoms with van der Waals surface area (Å²) in [6, 6.07) is 18.7. The van der Waals surface area contributed by atoms with Gasteiger partial charge in [0.25, 0.3) is 10.5 Å². The molecule has 0 aromatic heterocycles. The summed E-state index contributed by atoms with van der Waals surface area (Å²) in [7, 11) is 0. The van der Waals surface area contributed by atoms with E-state index in [1.165, 1.54) is 0 Å². The predicted molar refractivity (Wildman–Crippen MR) is 110 cm³/mol. The highest BCUT2D eigenvalue weighted by Crippen LogP contribution is 2.11. The van der Waals surface area contributed by atoms with E-state index in [4.69, 9.17) is 0 Å². The molecule has 26 heavy (non-hydrogen) atoms. The van der Waals surface area contributed by atoms with E-state index in [9.17, 15) is 9.59 Å². The highest BCUT2D eigenvalue weighted by atomic mass is 32.2. The molecule has 0 spiro atoms. The second-order valence-corrected chi connectivity index (χ2v) is 6.42. The standard InChI is InChI=1S/C18H18N4O2S2/c1-25-17(23)21-19-15(13-9-5-3-6-10-13)16(20-22-18(24)26-2)14-11-7-4-8-12-14/h3-12H,1-2H3,(H,21,23)(H,22,24)/b19-15-,20-16-. The molecular weight excluding hydrogens is 368 g/mol. The normalized spacial score (nSPS) is 11.8. The molecule has 0 aliphatic carbocycles. The van der Waals surface area contributed by atoms with Crippen molar-refractivity contribution in [2.75, 3.05) is 12.5 Å². The first-order chi connectivity index (χ1) is 12.7. The molecule has 2 aromatic rings. The highest BCUT2D eigenvalue weighted by molar-refractivity contribution is 8.13. The highest BCUT2D eigenvalue weighted by Gasteiger charge is 2.16. The second kappa shape index (κ2) is 10.4. The largest absolute Gasteiger partial charge is 0.298 e. The van der Waals surface area contributed by atoms with Gasteiger partial charge in [-0.15, -0.1) is 0 Å². The van der Waals surface area contributed by atoms with Crippen molar-refractivity contribution in [3.8, 4) is 0 Å². The van der Waals surface area contributed by atoms with Crippen molar-refractivity contribution in [2.24, 2.45) is 10.2 Å². The lowest BCUT2D eigenvalue weighted by atomic mass is 10.00. The molecule has 0 aliphatic rings. The number of hydrogen-bond donors (Lipinski definition) is 2. The molecule has 0 fully saturated rings. The minimum atomic E-state index is -0.293. The zero-order valence-electron chi connectivity index (χ0n) is 14.3. The number of carbonyl (C=O) groups excluding carboxylic acids is 2. The van der Waals surface area contributed by atoms with Crippen molar-refractivity contribution >= 4 is 45.4 Å². The average molecular weight is 387 g/mol. The summed E-state index contributed by atoms with van der Waals surface area (Å²) in [5, 5.41) is 7.92. The fourth-order valence-corrected chi connectivity index (χ4v) is 2.27. The minimum Gasteiger partial charge on any atom is -0.260 e. The van der Waals surface area contributed by atoms with Crippen LogP contribution in [0.15, 0.2) is 70.9 Å². The van der Waals surface area contributed by atoms with Crippen molar-refractivity contribution in [1.29, 1.82) is 0 Å². The molecular formula is C18H18N4O2S2. The van der Waals surface area contributed by atoms with Gasteiger partial charge in [-0.05, 0) is 12.5 Å². The maximum Gasteiger partial charge on any atom is 0.298 e. The van der Waals surface area contributed by atoms with Crippen LogP contribution < -0.4 is 10.9 Å². The SMILES string of the molecule is CSC(=O)N/N=C(\C(=N/NC(=O)SC)c1ccccc1)c1ccccc1. The lowest BCUT2D eigenvalue weighted by molar-refractivity contribution is 0.260. The van der Waals surface area contributed by atoms with Crippen LogP contribution in [0.2, 0.25) is 0 Å². The van der Waals surface area contributed by atoms with Gasteiger partial charge >= 0.3 is 0 Å². The van der Waals surface area contributed by atoms with Crippen molar-refractivity contribution in [3.05, 3.63) is 71.8 Å². The smallest absolute Gasteiger partial charge is 0.260 e. The van der Waals surface area contributed by atoms with E-state index in [0.717, 1.165) is 34.7 Å². The van der Waals surface area contributed by atoms with Gasteiger partial charge in [-0.2, -0.15) is 10.2 Å². The molecule has 0 aliphatic heterocycles. The molecule has 0 atom stereocenters. The van der Waals surface area contributed by atoms with E-state index in [1.807, 2.05) is 60.7 Å². The van der Waals surface area contributed by atoms with Gasteiger partial charge in [-0.1, -0.05) is 84.2 Å². The summed E-state index contributed by atoms with van der Waals surface area (Å²) < 4.78 is 0. The number of nitrogens with zero attached hydrogens (tertiary/aromatic N) is 2. The van der Waals surface area contributed by atoms with E-state index in [0.29, 0.717) is 11.4 Å². The van der Waals surface area contributed by atoms with Gasteiger partial charge in [-0.3, -0.25) is 9.59 Å². The van der Waals surface area contributed by atoms with Crippen LogP contribution in [0.1, 0.15) is 11.1 Å². The molecule has 6 nitrogen and oxygen atoms in total. The molecule has 0 saturated heterocycles. The number of thioether (sulfide) groups is 2. The summed E-state index contributed by atoms with van der Waals surface area (Å²) in [5.74, 6) is 0. The Morgan fingerprint density at radius 1 is 0.692 bits per heavy atom. The fraction of sp³-hybridized carbons (Fsp3) is 0.111. The molecule has 2 rings (SSSR count). The van der Waals surface area contributed by atoms with Gasteiger partial charge in [0.05, 0.1) is 0 Å². The van der Waals surface area contributed by atoms with Crippen molar-refractivity contribution in [3.63, 3.8) is 0 Å². The Kier molecular flexibility index (Phi) is 7.91. The lowest BCUT2D eigenvalue weighted by Gasteiger charge is -2.11. The van der Waals surface area contributed by atoms with Gasteiger partial charge in [-0.25, -0.2) is 10.9 Å². The molecule has 2 aromatic carbocycles. The summed E-state index contributed by atoms with van der Waals surface area (Å²) in [4.78, 5) is 23.3. The zero-order valence-corrected chi connectivity index (χ0v) is 15.9. The third-order valence-corrected chi connectivity index (χ3v) is 4.13. The molecule has 0 radical (unpaired) electrons. The predicted octanol–water partition coefficient (Wildman–Crippen LogP) is 3.94. The Morgan fingerprint density at radius 3 is 1.35 bits per heavy atom. The number of benzene rings is 2. The Bertz CT molecular complexity index is 739. The van der Waals surface area contributed by atoms with E-state index in [2.05, 4.69) is 21.1 Å². The van der Waals surface area contributed by atoms with Gasteiger partial charge in [0.2, 0.25) is 0 Å². The molecule has 0 unspecified atom stereocenters. The number of hydrogen-bond acceptors (Lipinski definition) is 6. The number of hydrazone groups is 2.